The Hall–Kier alpha value is -3.14. The Morgan fingerprint density at radius 3 is 1.84 bits per heavy atom. The first kappa shape index (κ1) is 32.9. The summed E-state index contributed by atoms with van der Waals surface area (Å²) in [6, 6.07) is 4.62. The molecule has 0 spiro atoms. The molecule has 1 aromatic rings. The average Bonchev–Trinajstić information content (AvgIpc) is 2.87. The van der Waals surface area contributed by atoms with Crippen LogP contribution in [0, 0.1) is 11.8 Å². The van der Waals surface area contributed by atoms with Gasteiger partial charge in [-0.1, -0.05) is 40.7 Å². The van der Waals surface area contributed by atoms with Gasteiger partial charge >= 0.3 is 24.1 Å². The lowest BCUT2D eigenvalue weighted by Crippen LogP contribution is -2.53. The van der Waals surface area contributed by atoms with Gasteiger partial charge in [0.1, 0.15) is 17.7 Å². The molecule has 0 aliphatic rings. The molecular formula is C28H43NO9. The van der Waals surface area contributed by atoms with Crippen molar-refractivity contribution < 1.29 is 42.9 Å². The summed E-state index contributed by atoms with van der Waals surface area (Å²) in [5, 5.41) is 0. The van der Waals surface area contributed by atoms with Crippen LogP contribution >= 0.6 is 0 Å². The number of rotatable bonds is 14. The van der Waals surface area contributed by atoms with Gasteiger partial charge in [-0.25, -0.2) is 4.79 Å². The second-order valence-corrected chi connectivity index (χ2v) is 9.79. The Kier molecular flexibility index (Phi) is 13.3. The van der Waals surface area contributed by atoms with E-state index in [0.29, 0.717) is 24.8 Å². The van der Waals surface area contributed by atoms with Crippen LogP contribution in [-0.2, 0) is 35.0 Å². The highest BCUT2D eigenvalue weighted by Crippen LogP contribution is 2.32. The maximum Gasteiger partial charge on any atom is 0.508 e. The van der Waals surface area contributed by atoms with Crippen LogP contribution in [0.1, 0.15) is 79.7 Å². The normalized spacial score (nSPS) is 15.7. The van der Waals surface area contributed by atoms with Gasteiger partial charge in [-0.05, 0) is 50.8 Å². The summed E-state index contributed by atoms with van der Waals surface area (Å²) in [5.41, 5.74) is 5.42. The van der Waals surface area contributed by atoms with Crippen LogP contribution in [0.3, 0.4) is 0 Å². The lowest BCUT2D eigenvalue weighted by Gasteiger charge is -2.29. The Morgan fingerprint density at radius 2 is 1.34 bits per heavy atom. The Labute approximate surface area is 225 Å². The molecule has 0 aliphatic carbocycles. The van der Waals surface area contributed by atoms with Crippen LogP contribution in [0.2, 0.25) is 0 Å². The summed E-state index contributed by atoms with van der Waals surface area (Å²) in [7, 11) is 1.21. The predicted octanol–water partition coefficient (Wildman–Crippen LogP) is 4.73. The first-order chi connectivity index (χ1) is 17.8. The van der Waals surface area contributed by atoms with E-state index >= 15 is 0 Å². The molecule has 1 aromatic carbocycles. The van der Waals surface area contributed by atoms with Gasteiger partial charge < -0.3 is 29.4 Å². The molecule has 10 nitrogen and oxygen atoms in total. The van der Waals surface area contributed by atoms with Crippen LogP contribution in [0.4, 0.5) is 4.79 Å². The summed E-state index contributed by atoms with van der Waals surface area (Å²) in [6.45, 7) is 12.4. The van der Waals surface area contributed by atoms with Gasteiger partial charge in [0.15, 0.2) is 11.5 Å². The highest BCUT2D eigenvalue weighted by atomic mass is 16.7. The number of ether oxygens (including phenoxy) is 5. The van der Waals surface area contributed by atoms with Crippen LogP contribution in [0.15, 0.2) is 18.2 Å². The summed E-state index contributed by atoms with van der Waals surface area (Å²) >= 11 is 0. The molecule has 10 heteroatoms. The van der Waals surface area contributed by atoms with E-state index in [1.807, 2.05) is 20.8 Å². The van der Waals surface area contributed by atoms with Gasteiger partial charge in [-0.15, -0.1) is 0 Å². The summed E-state index contributed by atoms with van der Waals surface area (Å²) in [5.74, 6) is -2.27. The zero-order chi connectivity index (χ0) is 29.0. The molecule has 3 unspecified atom stereocenters. The Morgan fingerprint density at radius 1 is 0.816 bits per heavy atom. The van der Waals surface area contributed by atoms with E-state index < -0.39 is 35.7 Å². The minimum Gasteiger partial charge on any atom is -0.468 e. The van der Waals surface area contributed by atoms with Crippen LogP contribution < -0.4 is 15.2 Å². The standard InChI is InChI=1S/C28H43NO9/c1-9-17(4)24(30)37-22-13-12-21(14-23(22)38-25(31)18(5)10-2)16-28(29,26(32)34-8)15-20(7)36-27(33)35-19(6)11-3/h12-14,17-20H,9-11,15-16,29H2,1-8H3/t17?,18?,19-,20-,28?/m0/s1. The van der Waals surface area contributed by atoms with E-state index in [1.54, 1.807) is 33.8 Å². The monoisotopic (exact) mass is 537 g/mol. The molecule has 0 saturated carbocycles. The minimum atomic E-state index is -1.59. The molecule has 0 amide bonds. The number of hydrogen-bond donors (Lipinski definition) is 1. The van der Waals surface area contributed by atoms with E-state index in [0.717, 1.165) is 0 Å². The second kappa shape index (κ2) is 15.3. The molecule has 0 radical (unpaired) electrons. The maximum atomic E-state index is 12.7. The largest absolute Gasteiger partial charge is 0.508 e. The third kappa shape index (κ3) is 9.96. The maximum absolute atomic E-state index is 12.7. The third-order valence-electron chi connectivity index (χ3n) is 6.39. The van der Waals surface area contributed by atoms with Gasteiger partial charge in [-0.2, -0.15) is 0 Å². The number of hydrogen-bond acceptors (Lipinski definition) is 10. The SMILES string of the molecule is CCC(C)C(=O)Oc1ccc(CC(N)(C[C@H](C)OC(=O)O[C@@H](C)CC)C(=O)OC)cc1OC(=O)C(C)CC. The minimum absolute atomic E-state index is 0.0399. The fourth-order valence-electron chi connectivity index (χ4n) is 3.37. The third-order valence-corrected chi connectivity index (χ3v) is 6.39. The number of benzene rings is 1. The number of carbonyl (C=O) groups is 4. The van der Waals surface area contributed by atoms with Crippen LogP contribution in [-0.4, -0.2) is 48.9 Å². The lowest BCUT2D eigenvalue weighted by atomic mass is 9.86. The van der Waals surface area contributed by atoms with Crippen molar-refractivity contribution in [1.29, 1.82) is 0 Å². The van der Waals surface area contributed by atoms with E-state index in [1.165, 1.54) is 19.2 Å². The van der Waals surface area contributed by atoms with Gasteiger partial charge in [0.2, 0.25) is 0 Å². The fraction of sp³-hybridized carbons (Fsp3) is 0.643. The molecule has 0 aliphatic heterocycles. The molecule has 214 valence electrons. The van der Waals surface area contributed by atoms with Gasteiger partial charge in [0, 0.05) is 12.8 Å². The molecule has 0 bridgehead atoms. The van der Waals surface area contributed by atoms with Crippen molar-refractivity contribution in [3.63, 3.8) is 0 Å². The molecule has 0 aromatic heterocycles. The van der Waals surface area contributed by atoms with E-state index in [4.69, 9.17) is 29.4 Å². The van der Waals surface area contributed by atoms with Crippen molar-refractivity contribution in [2.24, 2.45) is 17.6 Å². The lowest BCUT2D eigenvalue weighted by molar-refractivity contribution is -0.148. The Balaban J connectivity index is 3.26. The van der Waals surface area contributed by atoms with E-state index in [9.17, 15) is 19.2 Å². The smallest absolute Gasteiger partial charge is 0.468 e. The summed E-state index contributed by atoms with van der Waals surface area (Å²) in [6.07, 6.45) is -0.282. The highest BCUT2D eigenvalue weighted by molar-refractivity contribution is 5.81. The molecular weight excluding hydrogens is 494 g/mol. The molecule has 38 heavy (non-hydrogen) atoms. The summed E-state index contributed by atoms with van der Waals surface area (Å²) in [4.78, 5) is 49.7. The quantitative estimate of drug-likeness (QED) is 0.261. The highest BCUT2D eigenvalue weighted by Gasteiger charge is 2.38. The van der Waals surface area contributed by atoms with Crippen molar-refractivity contribution in [2.75, 3.05) is 7.11 Å². The first-order valence-corrected chi connectivity index (χ1v) is 13.1. The molecule has 2 N–H and O–H groups in total. The van der Waals surface area contributed by atoms with Gasteiger partial charge in [0.25, 0.3) is 0 Å². The van der Waals surface area contributed by atoms with Crippen molar-refractivity contribution in [3.8, 4) is 11.5 Å². The van der Waals surface area contributed by atoms with Crippen molar-refractivity contribution in [3.05, 3.63) is 23.8 Å². The molecule has 0 fully saturated rings. The zero-order valence-corrected chi connectivity index (χ0v) is 23.8. The first-order valence-electron chi connectivity index (χ1n) is 13.1. The number of nitrogens with two attached hydrogens (primary N) is 1. The second-order valence-electron chi connectivity index (χ2n) is 9.79. The molecule has 0 saturated heterocycles. The molecule has 0 heterocycles. The van der Waals surface area contributed by atoms with Gasteiger partial charge in [-0.3, -0.25) is 14.4 Å². The molecule has 5 atom stereocenters. The van der Waals surface area contributed by atoms with Crippen LogP contribution in [0.25, 0.3) is 0 Å². The molecule has 1 rings (SSSR count). The number of carbonyl (C=O) groups excluding carboxylic acids is 4. The average molecular weight is 538 g/mol. The summed E-state index contributed by atoms with van der Waals surface area (Å²) < 4.78 is 26.4. The van der Waals surface area contributed by atoms with Gasteiger partial charge in [0.05, 0.1) is 18.9 Å². The predicted molar refractivity (Wildman–Crippen MR) is 141 cm³/mol. The van der Waals surface area contributed by atoms with E-state index in [2.05, 4.69) is 0 Å². The van der Waals surface area contributed by atoms with Crippen LogP contribution in [0.5, 0.6) is 11.5 Å². The number of esters is 3. The topological polar surface area (TPSA) is 140 Å². The number of methoxy groups -OCH3 is 1. The van der Waals surface area contributed by atoms with Crippen molar-refractivity contribution >= 4 is 24.1 Å². The Bertz CT molecular complexity index is 964. The van der Waals surface area contributed by atoms with Crippen molar-refractivity contribution in [2.45, 2.75) is 98.3 Å². The van der Waals surface area contributed by atoms with Crippen molar-refractivity contribution in [1.82, 2.24) is 0 Å². The van der Waals surface area contributed by atoms with E-state index in [-0.39, 0.29) is 42.3 Å². The zero-order valence-electron chi connectivity index (χ0n) is 23.8. The fourth-order valence-corrected chi connectivity index (χ4v) is 3.37.